The maximum atomic E-state index is 12.6. The van der Waals surface area contributed by atoms with Crippen molar-refractivity contribution < 1.29 is 19.1 Å². The monoisotopic (exact) mass is 287 g/mol. The fourth-order valence-corrected chi connectivity index (χ4v) is 2.99. The van der Waals surface area contributed by atoms with Crippen molar-refractivity contribution in [3.8, 4) is 0 Å². The van der Waals surface area contributed by atoms with E-state index in [4.69, 9.17) is 4.42 Å². The van der Waals surface area contributed by atoms with Crippen molar-refractivity contribution in [3.05, 3.63) is 35.1 Å². The Labute approximate surface area is 122 Å². The minimum atomic E-state index is -0.953. The number of carbonyl (C=O) groups excluding carboxylic acids is 1. The van der Waals surface area contributed by atoms with E-state index in [1.54, 1.807) is 0 Å². The van der Waals surface area contributed by atoms with Crippen LogP contribution in [-0.4, -0.2) is 34.5 Å². The van der Waals surface area contributed by atoms with Crippen LogP contribution in [0.15, 0.2) is 22.6 Å². The highest BCUT2D eigenvalue weighted by Gasteiger charge is 2.36. The Balaban J connectivity index is 2.04. The second-order valence-electron chi connectivity index (χ2n) is 5.50. The molecule has 0 unspecified atom stereocenters. The number of likely N-dealkylation sites (tertiary alicyclic amines) is 1. The lowest BCUT2D eigenvalue weighted by molar-refractivity contribution is -0.141. The molecule has 1 aliphatic heterocycles. The SMILES string of the molecule is Cc1c(C(=O)N2CCC[C@@H]2C(=O)O)oc2c(C)cccc12. The van der Waals surface area contributed by atoms with Gasteiger partial charge in [0.15, 0.2) is 5.76 Å². The smallest absolute Gasteiger partial charge is 0.326 e. The zero-order valence-corrected chi connectivity index (χ0v) is 12.0. The maximum Gasteiger partial charge on any atom is 0.326 e. The van der Waals surface area contributed by atoms with Gasteiger partial charge in [0.2, 0.25) is 0 Å². The van der Waals surface area contributed by atoms with Gasteiger partial charge in [-0.15, -0.1) is 0 Å². The minimum Gasteiger partial charge on any atom is -0.480 e. The Bertz CT molecular complexity index is 731. The molecule has 1 aromatic heterocycles. The number of carboxylic acids is 1. The number of furan rings is 1. The summed E-state index contributed by atoms with van der Waals surface area (Å²) in [5, 5.41) is 10.1. The molecule has 2 heterocycles. The number of nitrogens with zero attached hydrogens (tertiary/aromatic N) is 1. The number of hydrogen-bond donors (Lipinski definition) is 1. The molecule has 1 saturated heterocycles. The largest absolute Gasteiger partial charge is 0.480 e. The molecule has 110 valence electrons. The number of rotatable bonds is 2. The van der Waals surface area contributed by atoms with Crippen LogP contribution in [0.4, 0.5) is 0 Å². The van der Waals surface area contributed by atoms with Crippen molar-refractivity contribution in [2.75, 3.05) is 6.54 Å². The maximum absolute atomic E-state index is 12.6. The molecule has 0 aliphatic carbocycles. The number of fused-ring (bicyclic) bond motifs is 1. The number of carbonyl (C=O) groups is 2. The summed E-state index contributed by atoms with van der Waals surface area (Å²) < 4.78 is 5.75. The Hall–Kier alpha value is -2.30. The van der Waals surface area contributed by atoms with E-state index >= 15 is 0 Å². The molecule has 1 atom stereocenters. The van der Waals surface area contributed by atoms with Gasteiger partial charge in [0.1, 0.15) is 11.6 Å². The van der Waals surface area contributed by atoms with Crippen LogP contribution in [0, 0.1) is 13.8 Å². The second kappa shape index (κ2) is 4.91. The van der Waals surface area contributed by atoms with Crippen LogP contribution in [-0.2, 0) is 4.79 Å². The molecule has 1 fully saturated rings. The summed E-state index contributed by atoms with van der Waals surface area (Å²) in [7, 11) is 0. The molecule has 21 heavy (non-hydrogen) atoms. The second-order valence-corrected chi connectivity index (χ2v) is 5.50. The summed E-state index contributed by atoms with van der Waals surface area (Å²) in [4.78, 5) is 25.3. The first-order valence-electron chi connectivity index (χ1n) is 7.03. The van der Waals surface area contributed by atoms with Crippen molar-refractivity contribution in [2.24, 2.45) is 0 Å². The number of amides is 1. The standard InChI is InChI=1S/C16H17NO4/c1-9-5-3-6-11-10(2)14(21-13(9)11)15(18)17-8-4-7-12(17)16(19)20/h3,5-6,12H,4,7-8H2,1-2H3,(H,19,20)/t12-/m1/s1. The predicted octanol–water partition coefficient (Wildman–Crippen LogP) is 2.74. The van der Waals surface area contributed by atoms with E-state index in [1.807, 2.05) is 32.0 Å². The first-order valence-corrected chi connectivity index (χ1v) is 7.03. The van der Waals surface area contributed by atoms with Crippen molar-refractivity contribution in [3.63, 3.8) is 0 Å². The van der Waals surface area contributed by atoms with E-state index in [-0.39, 0.29) is 11.7 Å². The van der Waals surface area contributed by atoms with Gasteiger partial charge in [-0.1, -0.05) is 18.2 Å². The zero-order chi connectivity index (χ0) is 15.1. The van der Waals surface area contributed by atoms with Crippen molar-refractivity contribution in [2.45, 2.75) is 32.7 Å². The van der Waals surface area contributed by atoms with Crippen molar-refractivity contribution in [1.82, 2.24) is 4.90 Å². The molecule has 5 heteroatoms. The van der Waals surface area contributed by atoms with Gasteiger partial charge in [0.25, 0.3) is 5.91 Å². The molecular weight excluding hydrogens is 270 g/mol. The lowest BCUT2D eigenvalue weighted by Crippen LogP contribution is -2.40. The molecule has 0 bridgehead atoms. The summed E-state index contributed by atoms with van der Waals surface area (Å²) in [6.45, 7) is 4.23. The lowest BCUT2D eigenvalue weighted by atomic mass is 10.1. The summed E-state index contributed by atoms with van der Waals surface area (Å²) in [6.07, 6.45) is 1.21. The average molecular weight is 287 g/mol. The highest BCUT2D eigenvalue weighted by atomic mass is 16.4. The Morgan fingerprint density at radius 1 is 1.33 bits per heavy atom. The lowest BCUT2D eigenvalue weighted by Gasteiger charge is -2.20. The molecule has 1 aromatic carbocycles. The van der Waals surface area contributed by atoms with E-state index in [2.05, 4.69) is 0 Å². The fourth-order valence-electron chi connectivity index (χ4n) is 2.99. The van der Waals surface area contributed by atoms with Crippen LogP contribution in [0.3, 0.4) is 0 Å². The molecule has 1 aliphatic rings. The summed E-state index contributed by atoms with van der Waals surface area (Å²) >= 11 is 0. The predicted molar refractivity (Wildman–Crippen MR) is 77.4 cm³/mol. The highest BCUT2D eigenvalue weighted by molar-refractivity contribution is 6.01. The fraction of sp³-hybridized carbons (Fsp3) is 0.375. The van der Waals surface area contributed by atoms with Gasteiger partial charge in [-0.05, 0) is 32.3 Å². The van der Waals surface area contributed by atoms with Crippen LogP contribution in [0.1, 0.15) is 34.5 Å². The summed E-state index contributed by atoms with van der Waals surface area (Å²) in [5.41, 5.74) is 2.44. The van der Waals surface area contributed by atoms with Gasteiger partial charge in [0.05, 0.1) is 0 Å². The quantitative estimate of drug-likeness (QED) is 0.922. The van der Waals surface area contributed by atoms with E-state index in [1.165, 1.54) is 4.90 Å². The Kier molecular flexibility index (Phi) is 3.20. The van der Waals surface area contributed by atoms with Crippen LogP contribution in [0.25, 0.3) is 11.0 Å². The number of benzene rings is 1. The number of para-hydroxylation sites is 1. The molecule has 3 rings (SSSR count). The third kappa shape index (κ3) is 2.09. The number of carboxylic acid groups (broad SMARTS) is 1. The van der Waals surface area contributed by atoms with Gasteiger partial charge < -0.3 is 14.4 Å². The van der Waals surface area contributed by atoms with Crippen LogP contribution >= 0.6 is 0 Å². The zero-order valence-electron chi connectivity index (χ0n) is 12.0. The van der Waals surface area contributed by atoms with Gasteiger partial charge in [-0.25, -0.2) is 4.79 Å². The van der Waals surface area contributed by atoms with Gasteiger partial charge in [0, 0.05) is 17.5 Å². The molecule has 2 aromatic rings. The Morgan fingerprint density at radius 2 is 2.10 bits per heavy atom. The van der Waals surface area contributed by atoms with Crippen LogP contribution in [0.2, 0.25) is 0 Å². The van der Waals surface area contributed by atoms with Gasteiger partial charge >= 0.3 is 5.97 Å². The average Bonchev–Trinajstić information content (AvgIpc) is 3.05. The molecule has 0 saturated carbocycles. The Morgan fingerprint density at radius 3 is 2.76 bits per heavy atom. The van der Waals surface area contributed by atoms with Crippen LogP contribution in [0.5, 0.6) is 0 Å². The first-order chi connectivity index (χ1) is 10.0. The van der Waals surface area contributed by atoms with E-state index in [9.17, 15) is 14.7 Å². The molecule has 1 N–H and O–H groups in total. The van der Waals surface area contributed by atoms with Gasteiger partial charge in [-0.2, -0.15) is 0 Å². The van der Waals surface area contributed by atoms with Crippen molar-refractivity contribution >= 4 is 22.8 Å². The number of hydrogen-bond acceptors (Lipinski definition) is 3. The van der Waals surface area contributed by atoms with Gasteiger partial charge in [-0.3, -0.25) is 4.79 Å². The highest BCUT2D eigenvalue weighted by Crippen LogP contribution is 2.30. The van der Waals surface area contributed by atoms with Crippen molar-refractivity contribution in [1.29, 1.82) is 0 Å². The van der Waals surface area contributed by atoms with E-state index < -0.39 is 12.0 Å². The minimum absolute atomic E-state index is 0.257. The molecule has 1 amide bonds. The first kappa shape index (κ1) is 13.7. The number of aryl methyl sites for hydroxylation is 2. The molecule has 0 radical (unpaired) electrons. The molecule has 0 spiro atoms. The molecule has 5 nitrogen and oxygen atoms in total. The summed E-state index contributed by atoms with van der Waals surface area (Å²) in [6, 6.07) is 5.02. The topological polar surface area (TPSA) is 70.8 Å². The normalized spacial score (nSPS) is 18.4. The summed E-state index contributed by atoms with van der Waals surface area (Å²) in [5.74, 6) is -1.02. The van der Waals surface area contributed by atoms with Crippen LogP contribution < -0.4 is 0 Å². The third-order valence-corrected chi connectivity index (χ3v) is 4.15. The number of aliphatic carboxylic acids is 1. The van der Waals surface area contributed by atoms with E-state index in [0.717, 1.165) is 16.5 Å². The third-order valence-electron chi connectivity index (χ3n) is 4.15. The molecular formula is C16H17NO4. The van der Waals surface area contributed by atoms with E-state index in [0.29, 0.717) is 25.0 Å².